The van der Waals surface area contributed by atoms with Gasteiger partial charge < -0.3 is 4.74 Å². The molecule has 0 unspecified atom stereocenters. The summed E-state index contributed by atoms with van der Waals surface area (Å²) >= 11 is 9.28. The molecule has 0 amide bonds. The van der Waals surface area contributed by atoms with Gasteiger partial charge in [0.15, 0.2) is 0 Å². The first-order valence-corrected chi connectivity index (χ1v) is 4.84. The molecule has 0 atom stereocenters. The standard InChI is InChI=1S/C9H10BrClO/c1-12-5-4-7-6-8(11)2-3-9(7)10/h2-3,6H,4-5H2,1H3. The maximum Gasteiger partial charge on any atom is 0.0503 e. The van der Waals surface area contributed by atoms with Crippen molar-refractivity contribution in [2.24, 2.45) is 0 Å². The minimum absolute atomic E-state index is 0.721. The number of ether oxygens (including phenoxy) is 1. The predicted molar refractivity (Wildman–Crippen MR) is 54.7 cm³/mol. The number of hydrogen-bond acceptors (Lipinski definition) is 1. The van der Waals surface area contributed by atoms with Crippen LogP contribution in [-0.4, -0.2) is 13.7 Å². The van der Waals surface area contributed by atoms with Crippen molar-refractivity contribution in [1.82, 2.24) is 0 Å². The average molecular weight is 250 g/mol. The second-order valence-electron chi connectivity index (χ2n) is 2.48. The molecule has 0 spiro atoms. The first-order chi connectivity index (χ1) is 5.74. The smallest absolute Gasteiger partial charge is 0.0503 e. The molecular weight excluding hydrogens is 239 g/mol. The van der Waals surface area contributed by atoms with Crippen molar-refractivity contribution < 1.29 is 4.74 Å². The number of methoxy groups -OCH3 is 1. The first-order valence-electron chi connectivity index (χ1n) is 3.67. The molecule has 0 aliphatic heterocycles. The summed E-state index contributed by atoms with van der Waals surface area (Å²) in [5.41, 5.74) is 1.18. The summed E-state index contributed by atoms with van der Waals surface area (Å²) in [6, 6.07) is 5.76. The third-order valence-corrected chi connectivity index (χ3v) is 2.59. The third kappa shape index (κ3) is 2.77. The van der Waals surface area contributed by atoms with Gasteiger partial charge in [0.25, 0.3) is 0 Å². The second-order valence-corrected chi connectivity index (χ2v) is 3.77. The van der Waals surface area contributed by atoms with Crippen molar-refractivity contribution in [3.63, 3.8) is 0 Å². The van der Waals surface area contributed by atoms with E-state index in [1.807, 2.05) is 18.2 Å². The molecular formula is C9H10BrClO. The summed E-state index contributed by atoms with van der Waals surface area (Å²) in [5, 5.41) is 0.768. The van der Waals surface area contributed by atoms with E-state index in [1.165, 1.54) is 5.56 Å². The van der Waals surface area contributed by atoms with E-state index in [9.17, 15) is 0 Å². The highest BCUT2D eigenvalue weighted by Gasteiger charge is 1.99. The minimum atomic E-state index is 0.721. The summed E-state index contributed by atoms with van der Waals surface area (Å²) in [6.07, 6.45) is 0.887. The topological polar surface area (TPSA) is 9.23 Å². The molecule has 3 heteroatoms. The quantitative estimate of drug-likeness (QED) is 0.799. The summed E-state index contributed by atoms with van der Waals surface area (Å²) in [5.74, 6) is 0. The molecule has 0 radical (unpaired) electrons. The van der Waals surface area contributed by atoms with E-state index >= 15 is 0 Å². The van der Waals surface area contributed by atoms with E-state index in [0.717, 1.165) is 22.5 Å². The summed E-state index contributed by atoms with van der Waals surface area (Å²) in [6.45, 7) is 0.721. The van der Waals surface area contributed by atoms with Crippen LogP contribution in [-0.2, 0) is 11.2 Å². The molecule has 1 nitrogen and oxygen atoms in total. The van der Waals surface area contributed by atoms with Crippen molar-refractivity contribution in [2.45, 2.75) is 6.42 Å². The van der Waals surface area contributed by atoms with Gasteiger partial charge in [-0.15, -0.1) is 0 Å². The van der Waals surface area contributed by atoms with Gasteiger partial charge in [0, 0.05) is 16.6 Å². The van der Waals surface area contributed by atoms with Crippen molar-refractivity contribution in [1.29, 1.82) is 0 Å². The lowest BCUT2D eigenvalue weighted by molar-refractivity contribution is 0.202. The van der Waals surface area contributed by atoms with Crippen LogP contribution in [0.2, 0.25) is 5.02 Å². The van der Waals surface area contributed by atoms with Crippen LogP contribution < -0.4 is 0 Å². The van der Waals surface area contributed by atoms with Crippen LogP contribution in [0.15, 0.2) is 22.7 Å². The monoisotopic (exact) mass is 248 g/mol. The summed E-state index contributed by atoms with van der Waals surface area (Å²) < 4.78 is 6.06. The molecule has 0 N–H and O–H groups in total. The van der Waals surface area contributed by atoms with E-state index in [1.54, 1.807) is 7.11 Å². The maximum atomic E-state index is 5.83. The van der Waals surface area contributed by atoms with Crippen molar-refractivity contribution in [3.8, 4) is 0 Å². The Bertz CT molecular complexity index is 263. The number of benzene rings is 1. The number of rotatable bonds is 3. The molecule has 0 saturated carbocycles. The zero-order chi connectivity index (χ0) is 8.97. The Kier molecular flexibility index (Phi) is 4.06. The lowest BCUT2D eigenvalue weighted by Gasteiger charge is -2.03. The fourth-order valence-corrected chi connectivity index (χ4v) is 1.59. The van der Waals surface area contributed by atoms with Crippen LogP contribution in [0.4, 0.5) is 0 Å². The highest BCUT2D eigenvalue weighted by Crippen LogP contribution is 2.21. The Hall–Kier alpha value is -0.0500. The Balaban J connectivity index is 2.75. The molecule has 12 heavy (non-hydrogen) atoms. The second kappa shape index (κ2) is 4.85. The number of hydrogen-bond donors (Lipinski definition) is 0. The molecule has 1 aromatic rings. The summed E-state index contributed by atoms with van der Waals surface area (Å²) in [4.78, 5) is 0. The summed E-state index contributed by atoms with van der Waals surface area (Å²) in [7, 11) is 1.69. The van der Waals surface area contributed by atoms with Crippen molar-refractivity contribution >= 4 is 27.5 Å². The molecule has 0 bridgehead atoms. The Morgan fingerprint density at radius 1 is 1.50 bits per heavy atom. The molecule has 0 fully saturated rings. The maximum absolute atomic E-state index is 5.83. The molecule has 1 aromatic carbocycles. The lowest BCUT2D eigenvalue weighted by atomic mass is 10.2. The van der Waals surface area contributed by atoms with Gasteiger partial charge in [0.1, 0.15) is 0 Å². The Morgan fingerprint density at radius 2 is 2.25 bits per heavy atom. The van der Waals surface area contributed by atoms with Crippen molar-refractivity contribution in [2.75, 3.05) is 13.7 Å². The molecule has 0 heterocycles. The van der Waals surface area contributed by atoms with Gasteiger partial charge in [-0.3, -0.25) is 0 Å². The van der Waals surface area contributed by atoms with Crippen LogP contribution in [0.3, 0.4) is 0 Å². The minimum Gasteiger partial charge on any atom is -0.384 e. The molecule has 0 aliphatic carbocycles. The molecule has 66 valence electrons. The third-order valence-electron chi connectivity index (χ3n) is 1.58. The van der Waals surface area contributed by atoms with Gasteiger partial charge in [0.2, 0.25) is 0 Å². The highest BCUT2D eigenvalue weighted by atomic mass is 79.9. The molecule has 0 aromatic heterocycles. The van der Waals surface area contributed by atoms with Gasteiger partial charge in [-0.25, -0.2) is 0 Å². The highest BCUT2D eigenvalue weighted by molar-refractivity contribution is 9.10. The van der Waals surface area contributed by atoms with Gasteiger partial charge in [0.05, 0.1) is 6.61 Å². The van der Waals surface area contributed by atoms with E-state index in [2.05, 4.69) is 15.9 Å². The Morgan fingerprint density at radius 3 is 2.92 bits per heavy atom. The van der Waals surface area contributed by atoms with Crippen LogP contribution in [0.1, 0.15) is 5.56 Å². The first kappa shape index (κ1) is 10.0. The molecule has 1 rings (SSSR count). The Labute approximate surface area is 85.8 Å². The fourth-order valence-electron chi connectivity index (χ4n) is 0.947. The predicted octanol–water partition coefficient (Wildman–Crippen LogP) is 3.29. The zero-order valence-corrected chi connectivity index (χ0v) is 9.15. The van der Waals surface area contributed by atoms with Crippen LogP contribution in [0.5, 0.6) is 0 Å². The number of halogens is 2. The lowest BCUT2D eigenvalue weighted by Crippen LogP contribution is -1.95. The van der Waals surface area contributed by atoms with E-state index in [4.69, 9.17) is 16.3 Å². The van der Waals surface area contributed by atoms with Crippen LogP contribution in [0.25, 0.3) is 0 Å². The van der Waals surface area contributed by atoms with E-state index in [0.29, 0.717) is 0 Å². The van der Waals surface area contributed by atoms with E-state index in [-0.39, 0.29) is 0 Å². The normalized spacial score (nSPS) is 10.2. The SMILES string of the molecule is COCCc1cc(Cl)ccc1Br. The van der Waals surface area contributed by atoms with Crippen molar-refractivity contribution in [3.05, 3.63) is 33.3 Å². The van der Waals surface area contributed by atoms with Gasteiger partial charge in [-0.1, -0.05) is 27.5 Å². The van der Waals surface area contributed by atoms with E-state index < -0.39 is 0 Å². The average Bonchev–Trinajstić information content (AvgIpc) is 2.07. The van der Waals surface area contributed by atoms with Gasteiger partial charge in [-0.05, 0) is 30.2 Å². The molecule has 0 aliphatic rings. The fraction of sp³-hybridized carbons (Fsp3) is 0.333. The van der Waals surface area contributed by atoms with Crippen LogP contribution >= 0.6 is 27.5 Å². The largest absolute Gasteiger partial charge is 0.384 e. The van der Waals surface area contributed by atoms with Crippen LogP contribution in [0, 0.1) is 0 Å². The van der Waals surface area contributed by atoms with Gasteiger partial charge in [-0.2, -0.15) is 0 Å². The zero-order valence-electron chi connectivity index (χ0n) is 6.81. The van der Waals surface area contributed by atoms with Gasteiger partial charge >= 0.3 is 0 Å². The molecule has 0 saturated heterocycles.